The first-order chi connectivity index (χ1) is 10.4. The maximum absolute atomic E-state index is 12.3. The molecule has 0 unspecified atom stereocenters. The van der Waals surface area contributed by atoms with Gasteiger partial charge in [-0.1, -0.05) is 41.9 Å². The van der Waals surface area contributed by atoms with Crippen molar-refractivity contribution in [2.45, 2.75) is 4.90 Å². The van der Waals surface area contributed by atoms with E-state index in [9.17, 15) is 13.2 Å². The molecule has 0 atom stereocenters. The summed E-state index contributed by atoms with van der Waals surface area (Å²) in [7, 11) is -2.34. The summed E-state index contributed by atoms with van der Waals surface area (Å²) in [4.78, 5) is 12.1. The van der Waals surface area contributed by atoms with Crippen molar-refractivity contribution in [3.63, 3.8) is 0 Å². The highest BCUT2D eigenvalue weighted by atomic mass is 35.5. The second-order valence-electron chi connectivity index (χ2n) is 4.60. The van der Waals surface area contributed by atoms with E-state index in [1.165, 1.54) is 19.2 Å². The zero-order valence-electron chi connectivity index (χ0n) is 11.9. The van der Waals surface area contributed by atoms with Gasteiger partial charge >= 0.3 is 0 Å². The van der Waals surface area contributed by atoms with Crippen molar-refractivity contribution in [2.75, 3.05) is 18.9 Å². The molecule has 0 aliphatic heterocycles. The van der Waals surface area contributed by atoms with Crippen LogP contribution in [0.4, 0.5) is 5.69 Å². The average Bonchev–Trinajstić information content (AvgIpc) is 2.50. The Morgan fingerprint density at radius 2 is 1.68 bits per heavy atom. The molecule has 0 heterocycles. The Kier molecular flexibility index (Phi) is 5.18. The maximum atomic E-state index is 12.3. The number of para-hydroxylation sites is 1. The van der Waals surface area contributed by atoms with E-state index in [1.807, 2.05) is 0 Å². The maximum Gasteiger partial charge on any atom is 0.243 e. The van der Waals surface area contributed by atoms with Gasteiger partial charge in [0.05, 0.1) is 22.2 Å². The van der Waals surface area contributed by atoms with Crippen molar-refractivity contribution in [2.24, 2.45) is 0 Å². The number of halogens is 1. The SMILES string of the molecule is CN(CC(=O)Nc1ccccc1Cl)S(=O)(=O)c1ccccc1. The molecule has 0 spiro atoms. The molecule has 2 aromatic rings. The molecule has 0 fully saturated rings. The number of rotatable bonds is 5. The van der Waals surface area contributed by atoms with Gasteiger partial charge in [0, 0.05) is 7.05 Å². The van der Waals surface area contributed by atoms with Crippen molar-refractivity contribution < 1.29 is 13.2 Å². The predicted molar refractivity (Wildman–Crippen MR) is 86.3 cm³/mol. The number of hydrogen-bond acceptors (Lipinski definition) is 3. The van der Waals surface area contributed by atoms with Crippen LogP contribution in [0.25, 0.3) is 0 Å². The Morgan fingerprint density at radius 3 is 2.32 bits per heavy atom. The number of nitrogens with one attached hydrogen (secondary N) is 1. The Labute approximate surface area is 134 Å². The van der Waals surface area contributed by atoms with Gasteiger partial charge in [0.15, 0.2) is 0 Å². The number of amides is 1. The van der Waals surface area contributed by atoms with Crippen molar-refractivity contribution in [3.05, 3.63) is 59.6 Å². The lowest BCUT2D eigenvalue weighted by molar-refractivity contribution is -0.116. The summed E-state index contributed by atoms with van der Waals surface area (Å²) >= 11 is 5.94. The first kappa shape index (κ1) is 16.5. The van der Waals surface area contributed by atoms with Crippen molar-refractivity contribution in [1.82, 2.24) is 4.31 Å². The van der Waals surface area contributed by atoms with E-state index in [0.29, 0.717) is 10.7 Å². The van der Waals surface area contributed by atoms with Crippen LogP contribution in [0.15, 0.2) is 59.5 Å². The number of carbonyl (C=O) groups is 1. The third-order valence-corrected chi connectivity index (χ3v) is 5.11. The van der Waals surface area contributed by atoms with Gasteiger partial charge in [-0.3, -0.25) is 4.79 Å². The highest BCUT2D eigenvalue weighted by Gasteiger charge is 2.22. The fourth-order valence-electron chi connectivity index (χ4n) is 1.81. The summed E-state index contributed by atoms with van der Waals surface area (Å²) in [6, 6.07) is 14.7. The van der Waals surface area contributed by atoms with Crippen LogP contribution in [-0.4, -0.2) is 32.2 Å². The minimum atomic E-state index is -3.70. The van der Waals surface area contributed by atoms with Crippen LogP contribution in [0.1, 0.15) is 0 Å². The van der Waals surface area contributed by atoms with Gasteiger partial charge in [0.1, 0.15) is 0 Å². The fourth-order valence-corrected chi connectivity index (χ4v) is 3.14. The first-order valence-electron chi connectivity index (χ1n) is 6.47. The molecule has 1 N–H and O–H groups in total. The molecule has 0 aliphatic rings. The summed E-state index contributed by atoms with van der Waals surface area (Å²) in [6.07, 6.45) is 0. The van der Waals surface area contributed by atoms with E-state index in [2.05, 4.69) is 5.32 Å². The lowest BCUT2D eigenvalue weighted by atomic mass is 10.3. The Morgan fingerprint density at radius 1 is 1.09 bits per heavy atom. The molecule has 0 aliphatic carbocycles. The van der Waals surface area contributed by atoms with Gasteiger partial charge in [0.2, 0.25) is 15.9 Å². The molecule has 5 nitrogen and oxygen atoms in total. The van der Waals surface area contributed by atoms with Crippen LogP contribution in [0.2, 0.25) is 5.02 Å². The summed E-state index contributed by atoms with van der Waals surface area (Å²) in [5.41, 5.74) is 0.444. The standard InChI is InChI=1S/C15H15ClN2O3S/c1-18(22(20,21)12-7-3-2-4-8-12)11-15(19)17-14-10-6-5-9-13(14)16/h2-10H,11H2,1H3,(H,17,19). The third-order valence-electron chi connectivity index (χ3n) is 2.97. The predicted octanol–water partition coefficient (Wildman–Crippen LogP) is 2.60. The quantitative estimate of drug-likeness (QED) is 0.911. The fraction of sp³-hybridized carbons (Fsp3) is 0.133. The van der Waals surface area contributed by atoms with Gasteiger partial charge in [-0.15, -0.1) is 0 Å². The van der Waals surface area contributed by atoms with Crippen LogP contribution in [-0.2, 0) is 14.8 Å². The molecule has 22 heavy (non-hydrogen) atoms. The van der Waals surface area contributed by atoms with E-state index in [-0.39, 0.29) is 11.4 Å². The molecule has 7 heteroatoms. The highest BCUT2D eigenvalue weighted by Crippen LogP contribution is 2.20. The topological polar surface area (TPSA) is 66.5 Å². The molecular formula is C15H15ClN2O3S. The lowest BCUT2D eigenvalue weighted by Crippen LogP contribution is -2.35. The second-order valence-corrected chi connectivity index (χ2v) is 7.05. The summed E-state index contributed by atoms with van der Waals surface area (Å²) < 4.78 is 25.6. The van der Waals surface area contributed by atoms with Crippen LogP contribution in [0.5, 0.6) is 0 Å². The normalized spacial score (nSPS) is 11.4. The van der Waals surface area contributed by atoms with Crippen LogP contribution >= 0.6 is 11.6 Å². The molecule has 116 valence electrons. The zero-order chi connectivity index (χ0) is 16.2. The van der Waals surface area contributed by atoms with E-state index in [0.717, 1.165) is 4.31 Å². The monoisotopic (exact) mass is 338 g/mol. The Hall–Kier alpha value is -1.89. The molecular weight excluding hydrogens is 324 g/mol. The lowest BCUT2D eigenvalue weighted by Gasteiger charge is -2.17. The molecule has 0 radical (unpaired) electrons. The molecule has 1 amide bonds. The number of anilines is 1. The smallest absolute Gasteiger partial charge is 0.243 e. The third kappa shape index (κ3) is 3.85. The van der Waals surface area contributed by atoms with Crippen LogP contribution < -0.4 is 5.32 Å². The van der Waals surface area contributed by atoms with Crippen LogP contribution in [0, 0.1) is 0 Å². The van der Waals surface area contributed by atoms with Gasteiger partial charge < -0.3 is 5.32 Å². The van der Waals surface area contributed by atoms with Gasteiger partial charge in [-0.25, -0.2) is 8.42 Å². The molecule has 2 aromatic carbocycles. The summed E-state index contributed by atoms with van der Waals surface area (Å²) in [5, 5.41) is 2.98. The largest absolute Gasteiger partial charge is 0.324 e. The second kappa shape index (κ2) is 6.91. The summed E-state index contributed by atoms with van der Waals surface area (Å²) in [5.74, 6) is -0.463. The van der Waals surface area contributed by atoms with E-state index >= 15 is 0 Å². The molecule has 0 aromatic heterocycles. The van der Waals surface area contributed by atoms with Gasteiger partial charge in [-0.2, -0.15) is 4.31 Å². The van der Waals surface area contributed by atoms with Crippen LogP contribution in [0.3, 0.4) is 0 Å². The molecule has 2 rings (SSSR count). The van der Waals surface area contributed by atoms with Gasteiger partial charge in [-0.05, 0) is 24.3 Å². The number of benzene rings is 2. The van der Waals surface area contributed by atoms with Crippen molar-refractivity contribution in [1.29, 1.82) is 0 Å². The number of hydrogen-bond donors (Lipinski definition) is 1. The Bertz CT molecular complexity index is 763. The van der Waals surface area contributed by atoms with Crippen molar-refractivity contribution in [3.8, 4) is 0 Å². The van der Waals surface area contributed by atoms with Crippen molar-refractivity contribution >= 4 is 33.2 Å². The minimum Gasteiger partial charge on any atom is -0.324 e. The summed E-state index contributed by atoms with van der Waals surface area (Å²) in [6.45, 7) is -0.303. The number of sulfonamides is 1. The van der Waals surface area contributed by atoms with E-state index in [4.69, 9.17) is 11.6 Å². The average molecular weight is 339 g/mol. The Balaban J connectivity index is 2.07. The first-order valence-corrected chi connectivity index (χ1v) is 8.29. The molecule has 0 bridgehead atoms. The highest BCUT2D eigenvalue weighted by molar-refractivity contribution is 7.89. The number of carbonyl (C=O) groups excluding carboxylic acids is 1. The minimum absolute atomic E-state index is 0.142. The van der Waals surface area contributed by atoms with E-state index < -0.39 is 15.9 Å². The molecule has 0 saturated heterocycles. The van der Waals surface area contributed by atoms with Gasteiger partial charge in [0.25, 0.3) is 0 Å². The zero-order valence-corrected chi connectivity index (χ0v) is 13.4. The molecule has 0 saturated carbocycles. The number of nitrogens with zero attached hydrogens (tertiary/aromatic N) is 1. The number of likely N-dealkylation sites (N-methyl/N-ethyl adjacent to an activating group) is 1. The van der Waals surface area contributed by atoms with E-state index in [1.54, 1.807) is 42.5 Å².